The minimum absolute atomic E-state index is 0.710. The van der Waals surface area contributed by atoms with Crippen LogP contribution in [-0.4, -0.2) is 80.2 Å². The SMILES string of the molecule is C[C@@H]1[C@H](O)[C@H](O[C@@H]2O[C@H](O)[C@@H](O)[C@@H](O)[C@H]2C)[C@@H](O)O[C@H]1O. The lowest BCUT2D eigenvalue weighted by Crippen LogP contribution is -2.59. The molecule has 10 atom stereocenters. The Kier molecular flexibility index (Phi) is 5.19. The first-order chi connectivity index (χ1) is 9.73. The van der Waals surface area contributed by atoms with Crippen LogP contribution in [0.15, 0.2) is 0 Å². The molecule has 0 spiro atoms. The summed E-state index contributed by atoms with van der Waals surface area (Å²) in [6.07, 6.45) is -11.0. The van der Waals surface area contributed by atoms with Crippen LogP contribution in [0.4, 0.5) is 0 Å². The van der Waals surface area contributed by atoms with Crippen molar-refractivity contribution in [1.82, 2.24) is 0 Å². The highest BCUT2D eigenvalue weighted by atomic mass is 16.8. The Hall–Kier alpha value is -0.360. The van der Waals surface area contributed by atoms with Crippen LogP contribution in [0.5, 0.6) is 0 Å². The molecular formula is C12H22O9. The van der Waals surface area contributed by atoms with E-state index >= 15 is 0 Å². The zero-order chi connectivity index (χ0) is 15.9. The smallest absolute Gasteiger partial charge is 0.186 e. The molecule has 124 valence electrons. The third kappa shape index (κ3) is 3.21. The molecule has 0 saturated carbocycles. The molecule has 9 heteroatoms. The molecule has 2 aliphatic heterocycles. The van der Waals surface area contributed by atoms with Gasteiger partial charge >= 0.3 is 0 Å². The van der Waals surface area contributed by atoms with Crippen molar-refractivity contribution in [3.63, 3.8) is 0 Å². The molecule has 0 aromatic carbocycles. The summed E-state index contributed by atoms with van der Waals surface area (Å²) in [6.45, 7) is 3.03. The van der Waals surface area contributed by atoms with Crippen molar-refractivity contribution in [3.05, 3.63) is 0 Å². The van der Waals surface area contributed by atoms with Gasteiger partial charge in [-0.1, -0.05) is 13.8 Å². The minimum Gasteiger partial charge on any atom is -0.390 e. The van der Waals surface area contributed by atoms with Crippen molar-refractivity contribution in [1.29, 1.82) is 0 Å². The molecule has 2 fully saturated rings. The minimum atomic E-state index is -1.65. The zero-order valence-electron chi connectivity index (χ0n) is 11.7. The van der Waals surface area contributed by atoms with E-state index in [1.54, 1.807) is 0 Å². The Morgan fingerprint density at radius 3 is 1.90 bits per heavy atom. The first kappa shape index (κ1) is 17.0. The zero-order valence-corrected chi connectivity index (χ0v) is 11.7. The lowest BCUT2D eigenvalue weighted by atomic mass is 9.94. The van der Waals surface area contributed by atoms with E-state index in [4.69, 9.17) is 14.2 Å². The molecule has 2 saturated heterocycles. The lowest BCUT2D eigenvalue weighted by molar-refractivity contribution is -0.381. The van der Waals surface area contributed by atoms with E-state index in [2.05, 4.69) is 0 Å². The predicted octanol–water partition coefficient (Wildman–Crippen LogP) is -2.93. The van der Waals surface area contributed by atoms with E-state index in [-0.39, 0.29) is 0 Å². The molecule has 0 aliphatic carbocycles. The average Bonchev–Trinajstić information content (AvgIpc) is 2.44. The number of hydrogen-bond donors (Lipinski definition) is 6. The van der Waals surface area contributed by atoms with Crippen molar-refractivity contribution < 1.29 is 44.8 Å². The van der Waals surface area contributed by atoms with Crippen LogP contribution in [0, 0.1) is 11.8 Å². The summed E-state index contributed by atoms with van der Waals surface area (Å²) < 4.78 is 15.2. The van der Waals surface area contributed by atoms with E-state index in [0.29, 0.717) is 0 Å². The van der Waals surface area contributed by atoms with Crippen LogP contribution in [0.25, 0.3) is 0 Å². The monoisotopic (exact) mass is 310 g/mol. The molecule has 2 rings (SSSR count). The van der Waals surface area contributed by atoms with Gasteiger partial charge in [0.05, 0.1) is 12.2 Å². The second-order valence-electron chi connectivity index (χ2n) is 5.60. The molecule has 6 N–H and O–H groups in total. The topological polar surface area (TPSA) is 149 Å². The summed E-state index contributed by atoms with van der Waals surface area (Å²) in [7, 11) is 0. The van der Waals surface area contributed by atoms with Crippen LogP contribution in [0.2, 0.25) is 0 Å². The lowest BCUT2D eigenvalue weighted by Gasteiger charge is -2.44. The summed E-state index contributed by atoms with van der Waals surface area (Å²) in [5.74, 6) is -1.43. The Morgan fingerprint density at radius 2 is 1.29 bits per heavy atom. The maximum Gasteiger partial charge on any atom is 0.186 e. The highest BCUT2D eigenvalue weighted by Crippen LogP contribution is 2.31. The Balaban J connectivity index is 2.06. The van der Waals surface area contributed by atoms with Gasteiger partial charge < -0.3 is 44.8 Å². The van der Waals surface area contributed by atoms with Gasteiger partial charge in [0.1, 0.15) is 12.2 Å². The molecule has 2 heterocycles. The fourth-order valence-electron chi connectivity index (χ4n) is 2.42. The summed E-state index contributed by atoms with van der Waals surface area (Å²) in [5.41, 5.74) is 0. The highest BCUT2D eigenvalue weighted by molar-refractivity contribution is 4.87. The van der Waals surface area contributed by atoms with Gasteiger partial charge in [-0.3, -0.25) is 0 Å². The van der Waals surface area contributed by atoms with E-state index in [9.17, 15) is 30.6 Å². The number of aliphatic hydroxyl groups is 6. The summed E-state index contributed by atoms with van der Waals surface area (Å²) >= 11 is 0. The fourth-order valence-corrected chi connectivity index (χ4v) is 2.42. The third-order valence-electron chi connectivity index (χ3n) is 4.06. The van der Waals surface area contributed by atoms with Gasteiger partial charge in [0.15, 0.2) is 25.2 Å². The molecular weight excluding hydrogens is 288 g/mol. The number of aliphatic hydroxyl groups excluding tert-OH is 6. The van der Waals surface area contributed by atoms with E-state index in [1.165, 1.54) is 13.8 Å². The van der Waals surface area contributed by atoms with Crippen molar-refractivity contribution in [2.24, 2.45) is 11.8 Å². The molecule has 0 aromatic rings. The predicted molar refractivity (Wildman–Crippen MR) is 65.2 cm³/mol. The van der Waals surface area contributed by atoms with Crippen LogP contribution in [0.1, 0.15) is 13.8 Å². The van der Waals surface area contributed by atoms with Gasteiger partial charge in [-0.15, -0.1) is 0 Å². The van der Waals surface area contributed by atoms with Crippen LogP contribution in [-0.2, 0) is 14.2 Å². The maximum atomic E-state index is 10.0. The van der Waals surface area contributed by atoms with Gasteiger partial charge in [0.2, 0.25) is 0 Å². The van der Waals surface area contributed by atoms with Crippen molar-refractivity contribution >= 4 is 0 Å². The van der Waals surface area contributed by atoms with Gasteiger partial charge in [0, 0.05) is 11.8 Å². The second kappa shape index (κ2) is 6.41. The van der Waals surface area contributed by atoms with Gasteiger partial charge in [-0.05, 0) is 0 Å². The molecule has 0 amide bonds. The number of rotatable bonds is 2. The number of hydrogen-bond acceptors (Lipinski definition) is 9. The molecule has 9 nitrogen and oxygen atoms in total. The Bertz CT molecular complexity index is 354. The molecule has 2 aliphatic rings. The third-order valence-corrected chi connectivity index (χ3v) is 4.06. The van der Waals surface area contributed by atoms with Crippen LogP contribution >= 0.6 is 0 Å². The first-order valence-electron chi connectivity index (χ1n) is 6.78. The fraction of sp³-hybridized carbons (Fsp3) is 1.00. The van der Waals surface area contributed by atoms with E-state index in [0.717, 1.165) is 0 Å². The van der Waals surface area contributed by atoms with Crippen molar-refractivity contribution in [2.75, 3.05) is 0 Å². The van der Waals surface area contributed by atoms with Crippen molar-refractivity contribution in [3.8, 4) is 0 Å². The molecule has 0 aromatic heterocycles. The summed E-state index contributed by atoms with van der Waals surface area (Å²) in [6, 6.07) is 0. The van der Waals surface area contributed by atoms with Gasteiger partial charge in [-0.25, -0.2) is 0 Å². The molecule has 0 bridgehead atoms. The van der Waals surface area contributed by atoms with Crippen LogP contribution in [0.3, 0.4) is 0 Å². The van der Waals surface area contributed by atoms with Crippen molar-refractivity contribution in [2.45, 2.75) is 63.4 Å². The standard InChI is InChI=1S/C12H22O9/c1-3-6(14)8(11(18)20-9(3)16)19-12-4(2)5(13)7(15)10(17)21-12/h3-18H,1-2H3/t3-,4-,5+,6+,7+,8+,9-,10+,11+,12-/m1/s1. The van der Waals surface area contributed by atoms with Gasteiger partial charge in [0.25, 0.3) is 0 Å². The van der Waals surface area contributed by atoms with E-state index in [1.807, 2.05) is 0 Å². The first-order valence-corrected chi connectivity index (χ1v) is 6.78. The Labute approximate surface area is 121 Å². The highest BCUT2D eigenvalue weighted by Gasteiger charge is 2.48. The normalized spacial score (nSPS) is 55.4. The molecule has 21 heavy (non-hydrogen) atoms. The quantitative estimate of drug-likeness (QED) is 0.315. The Morgan fingerprint density at radius 1 is 0.667 bits per heavy atom. The maximum absolute atomic E-state index is 10.0. The molecule has 0 radical (unpaired) electrons. The van der Waals surface area contributed by atoms with E-state index < -0.39 is 61.4 Å². The second-order valence-corrected chi connectivity index (χ2v) is 5.60. The largest absolute Gasteiger partial charge is 0.390 e. The average molecular weight is 310 g/mol. The van der Waals surface area contributed by atoms with Gasteiger partial charge in [-0.2, -0.15) is 0 Å². The molecule has 0 unspecified atom stereocenters. The summed E-state index contributed by atoms with van der Waals surface area (Å²) in [5, 5.41) is 58.0. The van der Waals surface area contributed by atoms with Crippen LogP contribution < -0.4 is 0 Å². The summed E-state index contributed by atoms with van der Waals surface area (Å²) in [4.78, 5) is 0. The number of ether oxygens (including phenoxy) is 3.